The van der Waals surface area contributed by atoms with Crippen LogP contribution in [0, 0.1) is 17.8 Å². The van der Waals surface area contributed by atoms with Crippen LogP contribution in [0.25, 0.3) is 0 Å². The van der Waals surface area contributed by atoms with Crippen LogP contribution in [-0.2, 0) is 9.05 Å². The average Bonchev–Trinajstić information content (AvgIpc) is 2.92. The third kappa shape index (κ3) is 1.93. The van der Waals surface area contributed by atoms with Crippen LogP contribution in [0.4, 0.5) is 0 Å². The highest BCUT2D eigenvalue weighted by atomic mass is 35.7. The van der Waals surface area contributed by atoms with Crippen LogP contribution in [0.15, 0.2) is 0 Å². The number of hydrogen-bond acceptors (Lipinski definition) is 2. The molecular formula is C11H17ClO2S. The molecule has 15 heavy (non-hydrogen) atoms. The van der Waals surface area contributed by atoms with Gasteiger partial charge in [-0.2, -0.15) is 0 Å². The maximum absolute atomic E-state index is 11.3. The molecule has 3 rings (SSSR count). The second-order valence-corrected chi connectivity index (χ2v) is 8.62. The van der Waals surface area contributed by atoms with Gasteiger partial charge in [0, 0.05) is 10.7 Å². The second-order valence-electron chi connectivity index (χ2n) is 5.66. The second kappa shape index (κ2) is 3.13. The Bertz CT molecular complexity index is 368. The lowest BCUT2D eigenvalue weighted by molar-refractivity contribution is 0.537. The minimum atomic E-state index is -3.31. The molecule has 0 saturated heterocycles. The molecule has 0 bridgehead atoms. The van der Waals surface area contributed by atoms with E-state index in [0.717, 1.165) is 43.4 Å². The zero-order valence-electron chi connectivity index (χ0n) is 8.78. The molecule has 86 valence electrons. The average molecular weight is 249 g/mol. The third-order valence-corrected chi connectivity index (χ3v) is 7.13. The molecule has 0 aromatic rings. The molecule has 0 N–H and O–H groups in total. The van der Waals surface area contributed by atoms with Crippen LogP contribution in [0.1, 0.15) is 44.9 Å². The number of hydrogen-bond donors (Lipinski definition) is 0. The summed E-state index contributed by atoms with van der Waals surface area (Å²) in [4.78, 5) is 0. The lowest BCUT2D eigenvalue weighted by Crippen LogP contribution is -2.17. The number of rotatable bonds is 5. The molecule has 3 aliphatic rings. The first-order chi connectivity index (χ1) is 7.02. The van der Waals surface area contributed by atoms with Gasteiger partial charge in [-0.25, -0.2) is 8.42 Å². The molecule has 0 amide bonds. The molecule has 3 saturated carbocycles. The predicted molar refractivity (Wildman–Crippen MR) is 60.3 cm³/mol. The molecule has 4 heteroatoms. The molecule has 2 unspecified atom stereocenters. The lowest BCUT2D eigenvalue weighted by Gasteiger charge is -2.10. The van der Waals surface area contributed by atoms with E-state index in [0.29, 0.717) is 0 Å². The van der Waals surface area contributed by atoms with Crippen LogP contribution in [0.3, 0.4) is 0 Å². The highest BCUT2D eigenvalue weighted by molar-refractivity contribution is 8.15. The smallest absolute Gasteiger partial charge is 0.212 e. The fourth-order valence-corrected chi connectivity index (χ4v) is 4.55. The van der Waals surface area contributed by atoms with Crippen LogP contribution >= 0.6 is 10.7 Å². The van der Waals surface area contributed by atoms with Crippen molar-refractivity contribution in [1.82, 2.24) is 0 Å². The van der Waals surface area contributed by atoms with Gasteiger partial charge >= 0.3 is 0 Å². The molecule has 0 radical (unpaired) electrons. The van der Waals surface area contributed by atoms with Gasteiger partial charge in [-0.1, -0.05) is 0 Å². The highest BCUT2D eigenvalue weighted by Crippen LogP contribution is 2.58. The summed E-state index contributed by atoms with van der Waals surface area (Å²) in [6.07, 6.45) is 7.67. The van der Waals surface area contributed by atoms with Crippen molar-refractivity contribution in [2.45, 2.75) is 49.7 Å². The first-order valence-electron chi connectivity index (χ1n) is 5.96. The topological polar surface area (TPSA) is 34.1 Å². The van der Waals surface area contributed by atoms with Crippen molar-refractivity contribution >= 4 is 19.7 Å². The maximum atomic E-state index is 11.3. The van der Waals surface area contributed by atoms with Crippen molar-refractivity contribution in [1.29, 1.82) is 0 Å². The van der Waals surface area contributed by atoms with E-state index in [1.165, 1.54) is 19.3 Å². The Labute approximate surface area is 95.8 Å². The van der Waals surface area contributed by atoms with Gasteiger partial charge in [-0.3, -0.25) is 0 Å². The molecule has 2 nitrogen and oxygen atoms in total. The Hall–Kier alpha value is 0.240. The van der Waals surface area contributed by atoms with Gasteiger partial charge in [0.1, 0.15) is 0 Å². The summed E-state index contributed by atoms with van der Waals surface area (Å²) in [6.45, 7) is 0. The summed E-state index contributed by atoms with van der Waals surface area (Å²) in [5.41, 5.74) is 0. The molecule has 0 aliphatic heterocycles. The third-order valence-electron chi connectivity index (χ3n) is 4.50. The summed E-state index contributed by atoms with van der Waals surface area (Å²) in [6, 6.07) is 0. The number of halogens is 1. The van der Waals surface area contributed by atoms with Crippen molar-refractivity contribution < 1.29 is 8.42 Å². The SMILES string of the molecule is O=S(=O)(Cl)C1(CCC2CC2C2CC2)CC1. The Morgan fingerprint density at radius 2 is 1.93 bits per heavy atom. The zero-order chi connectivity index (χ0) is 10.7. The van der Waals surface area contributed by atoms with E-state index in [9.17, 15) is 8.42 Å². The summed E-state index contributed by atoms with van der Waals surface area (Å²) < 4.78 is 22.2. The summed E-state index contributed by atoms with van der Waals surface area (Å²) in [7, 11) is 2.17. The van der Waals surface area contributed by atoms with Gasteiger partial charge in [0.15, 0.2) is 0 Å². The molecule has 3 fully saturated rings. The van der Waals surface area contributed by atoms with E-state index >= 15 is 0 Å². The fourth-order valence-electron chi connectivity index (χ4n) is 2.91. The standard InChI is InChI=1S/C11H17ClO2S/c12-15(13,14)11(5-6-11)4-3-9-7-10(9)8-1-2-8/h8-10H,1-7H2. The first-order valence-corrected chi connectivity index (χ1v) is 8.27. The van der Waals surface area contributed by atoms with Crippen molar-refractivity contribution in [3.8, 4) is 0 Å². The van der Waals surface area contributed by atoms with E-state index in [2.05, 4.69) is 0 Å². The molecule has 0 heterocycles. The van der Waals surface area contributed by atoms with Gasteiger partial charge in [-0.15, -0.1) is 0 Å². The lowest BCUT2D eigenvalue weighted by atomic mass is 10.1. The van der Waals surface area contributed by atoms with E-state index < -0.39 is 13.8 Å². The monoisotopic (exact) mass is 248 g/mol. The fraction of sp³-hybridized carbons (Fsp3) is 1.00. The van der Waals surface area contributed by atoms with Crippen molar-refractivity contribution in [2.24, 2.45) is 17.8 Å². The summed E-state index contributed by atoms with van der Waals surface area (Å²) in [5, 5.41) is 0. The molecular weight excluding hydrogens is 232 g/mol. The Morgan fingerprint density at radius 1 is 1.27 bits per heavy atom. The normalized spacial score (nSPS) is 37.7. The van der Waals surface area contributed by atoms with E-state index in [4.69, 9.17) is 10.7 Å². The van der Waals surface area contributed by atoms with Gasteiger partial charge in [0.05, 0.1) is 4.75 Å². The Kier molecular flexibility index (Phi) is 2.17. The van der Waals surface area contributed by atoms with Crippen molar-refractivity contribution in [2.75, 3.05) is 0 Å². The first kappa shape index (κ1) is 10.4. The summed E-state index contributed by atoms with van der Waals surface area (Å²) >= 11 is 0. The largest absolute Gasteiger partial charge is 0.238 e. The zero-order valence-corrected chi connectivity index (χ0v) is 10.4. The predicted octanol–water partition coefficient (Wildman–Crippen LogP) is 2.91. The van der Waals surface area contributed by atoms with Crippen LogP contribution in [-0.4, -0.2) is 13.2 Å². The molecule has 0 aromatic heterocycles. The van der Waals surface area contributed by atoms with E-state index in [1.54, 1.807) is 0 Å². The van der Waals surface area contributed by atoms with Crippen molar-refractivity contribution in [3.63, 3.8) is 0 Å². The van der Waals surface area contributed by atoms with E-state index in [-0.39, 0.29) is 0 Å². The molecule has 0 spiro atoms. The van der Waals surface area contributed by atoms with Gasteiger partial charge in [0.2, 0.25) is 9.05 Å². The van der Waals surface area contributed by atoms with Crippen LogP contribution < -0.4 is 0 Å². The minimum absolute atomic E-state index is 0.509. The van der Waals surface area contributed by atoms with Crippen LogP contribution in [0.2, 0.25) is 0 Å². The molecule has 3 aliphatic carbocycles. The quantitative estimate of drug-likeness (QED) is 0.701. The Morgan fingerprint density at radius 3 is 2.40 bits per heavy atom. The Balaban J connectivity index is 1.51. The maximum Gasteiger partial charge on any atom is 0.238 e. The minimum Gasteiger partial charge on any atom is -0.212 e. The molecule has 0 aromatic carbocycles. The van der Waals surface area contributed by atoms with Gasteiger partial charge in [0.25, 0.3) is 0 Å². The van der Waals surface area contributed by atoms with Gasteiger partial charge < -0.3 is 0 Å². The van der Waals surface area contributed by atoms with Crippen molar-refractivity contribution in [3.05, 3.63) is 0 Å². The van der Waals surface area contributed by atoms with Gasteiger partial charge in [-0.05, 0) is 62.7 Å². The van der Waals surface area contributed by atoms with E-state index in [1.807, 2.05) is 0 Å². The summed E-state index contributed by atoms with van der Waals surface area (Å²) in [5.74, 6) is 2.77. The molecule has 2 atom stereocenters. The van der Waals surface area contributed by atoms with Crippen LogP contribution in [0.5, 0.6) is 0 Å². The highest BCUT2D eigenvalue weighted by Gasteiger charge is 2.55.